The second kappa shape index (κ2) is 7.03. The van der Waals surface area contributed by atoms with E-state index in [1.807, 2.05) is 6.07 Å². The summed E-state index contributed by atoms with van der Waals surface area (Å²) >= 11 is 0. The molecule has 0 bridgehead atoms. The molecule has 2 fully saturated rings. The molecule has 0 aliphatic carbocycles. The number of rotatable bonds is 3. The highest BCUT2D eigenvalue weighted by Crippen LogP contribution is 2.31. The Hall–Kier alpha value is -2.58. The minimum Gasteiger partial charge on any atom is -0.309 e. The Morgan fingerprint density at radius 1 is 1.14 bits per heavy atom. The van der Waals surface area contributed by atoms with Crippen LogP contribution in [0.2, 0.25) is 0 Å². The van der Waals surface area contributed by atoms with Crippen molar-refractivity contribution < 1.29 is 19.2 Å². The second-order valence-electron chi connectivity index (χ2n) is 8.81. The van der Waals surface area contributed by atoms with Gasteiger partial charge in [-0.25, -0.2) is 0 Å². The van der Waals surface area contributed by atoms with Gasteiger partial charge in [-0.05, 0) is 38.8 Å². The molecule has 8 nitrogen and oxygen atoms in total. The molecule has 2 atom stereocenters. The van der Waals surface area contributed by atoms with E-state index in [-0.39, 0.29) is 30.3 Å². The van der Waals surface area contributed by atoms with Gasteiger partial charge in [0.05, 0.1) is 11.1 Å². The predicted molar refractivity (Wildman–Crippen MR) is 105 cm³/mol. The van der Waals surface area contributed by atoms with Gasteiger partial charge in [0.25, 0.3) is 11.8 Å². The zero-order chi connectivity index (χ0) is 20.9. The van der Waals surface area contributed by atoms with Crippen molar-refractivity contribution in [2.45, 2.75) is 57.8 Å². The van der Waals surface area contributed by atoms with Crippen molar-refractivity contribution in [2.75, 3.05) is 13.1 Å². The molecular weight excluding hydrogens is 372 g/mol. The smallest absolute Gasteiger partial charge is 0.262 e. The van der Waals surface area contributed by atoms with E-state index in [9.17, 15) is 19.2 Å². The van der Waals surface area contributed by atoms with Gasteiger partial charge >= 0.3 is 0 Å². The van der Waals surface area contributed by atoms with Crippen LogP contribution in [0.4, 0.5) is 0 Å². The number of piperazine rings is 1. The molecule has 3 aliphatic heterocycles. The number of carbonyl (C=O) groups excluding carboxylic acids is 4. The van der Waals surface area contributed by atoms with Crippen LogP contribution in [-0.4, -0.2) is 64.1 Å². The molecule has 2 unspecified atom stereocenters. The van der Waals surface area contributed by atoms with E-state index < -0.39 is 23.8 Å². The lowest BCUT2D eigenvalue weighted by atomic mass is 9.96. The van der Waals surface area contributed by atoms with Crippen LogP contribution in [-0.2, 0) is 16.1 Å². The molecule has 0 radical (unpaired) electrons. The van der Waals surface area contributed by atoms with Crippen LogP contribution in [0, 0.1) is 0 Å². The highest BCUT2D eigenvalue weighted by atomic mass is 16.2. The SMILES string of the molecule is CC1CNC(C)(C)CN1Cc1cccc2c1C(=O)N(C1CCC(=O)NC1=O)C2=O. The van der Waals surface area contributed by atoms with Crippen LogP contribution in [0.15, 0.2) is 18.2 Å². The van der Waals surface area contributed by atoms with Gasteiger partial charge in [0.15, 0.2) is 0 Å². The predicted octanol–water partition coefficient (Wildman–Crippen LogP) is 0.660. The number of amides is 4. The quantitative estimate of drug-likeness (QED) is 0.726. The summed E-state index contributed by atoms with van der Waals surface area (Å²) in [5.41, 5.74) is 1.47. The number of piperidine rings is 1. The fourth-order valence-electron chi connectivity index (χ4n) is 4.42. The standard InChI is InChI=1S/C21H26N4O4/c1-12-9-22-21(2,3)11-24(12)10-13-5-4-6-14-17(13)20(29)25(19(14)28)15-7-8-16(26)23-18(15)27/h4-6,12,15,22H,7-11H2,1-3H3,(H,23,26,27). The van der Waals surface area contributed by atoms with Crippen molar-refractivity contribution in [3.8, 4) is 0 Å². The molecule has 1 aromatic carbocycles. The number of nitrogens with zero attached hydrogens (tertiary/aromatic N) is 2. The molecule has 4 amide bonds. The molecule has 154 valence electrons. The Balaban J connectivity index is 1.63. The summed E-state index contributed by atoms with van der Waals surface area (Å²) < 4.78 is 0. The largest absolute Gasteiger partial charge is 0.309 e. The Labute approximate surface area is 169 Å². The van der Waals surface area contributed by atoms with Gasteiger partial charge in [-0.1, -0.05) is 12.1 Å². The van der Waals surface area contributed by atoms with Crippen LogP contribution < -0.4 is 10.6 Å². The number of nitrogens with one attached hydrogen (secondary N) is 2. The van der Waals surface area contributed by atoms with Gasteiger partial charge in [0.1, 0.15) is 6.04 Å². The fraction of sp³-hybridized carbons (Fsp3) is 0.524. The highest BCUT2D eigenvalue weighted by molar-refractivity contribution is 6.24. The summed E-state index contributed by atoms with van der Waals surface area (Å²) in [5, 5.41) is 5.74. The van der Waals surface area contributed by atoms with Gasteiger partial charge in [0.2, 0.25) is 11.8 Å². The Morgan fingerprint density at radius 3 is 2.62 bits per heavy atom. The average Bonchev–Trinajstić information content (AvgIpc) is 2.90. The minimum atomic E-state index is -0.940. The number of fused-ring (bicyclic) bond motifs is 1. The monoisotopic (exact) mass is 398 g/mol. The summed E-state index contributed by atoms with van der Waals surface area (Å²) in [6.07, 6.45) is 0.276. The van der Waals surface area contributed by atoms with E-state index in [1.54, 1.807) is 12.1 Å². The molecule has 0 spiro atoms. The number of imide groups is 2. The maximum absolute atomic E-state index is 13.2. The average molecular weight is 398 g/mol. The number of benzene rings is 1. The molecule has 8 heteroatoms. The molecule has 0 saturated carbocycles. The second-order valence-corrected chi connectivity index (χ2v) is 8.81. The Bertz CT molecular complexity index is 910. The topological polar surface area (TPSA) is 98.8 Å². The van der Waals surface area contributed by atoms with E-state index in [1.165, 1.54) is 0 Å². The Morgan fingerprint density at radius 2 is 1.90 bits per heavy atom. The fourth-order valence-corrected chi connectivity index (χ4v) is 4.42. The molecule has 4 rings (SSSR count). The lowest BCUT2D eigenvalue weighted by molar-refractivity contribution is -0.136. The van der Waals surface area contributed by atoms with Crippen molar-refractivity contribution in [2.24, 2.45) is 0 Å². The number of carbonyl (C=O) groups is 4. The van der Waals surface area contributed by atoms with Crippen molar-refractivity contribution in [3.63, 3.8) is 0 Å². The van der Waals surface area contributed by atoms with Crippen molar-refractivity contribution in [1.29, 1.82) is 0 Å². The zero-order valence-corrected chi connectivity index (χ0v) is 16.9. The summed E-state index contributed by atoms with van der Waals surface area (Å²) in [5.74, 6) is -1.87. The maximum Gasteiger partial charge on any atom is 0.262 e. The maximum atomic E-state index is 13.2. The first kappa shape index (κ1) is 19.7. The van der Waals surface area contributed by atoms with Gasteiger partial charge in [0, 0.05) is 37.6 Å². The zero-order valence-electron chi connectivity index (χ0n) is 16.9. The molecule has 2 N–H and O–H groups in total. The van der Waals surface area contributed by atoms with Crippen LogP contribution >= 0.6 is 0 Å². The highest BCUT2D eigenvalue weighted by Gasteiger charge is 2.45. The van der Waals surface area contributed by atoms with Crippen LogP contribution in [0.25, 0.3) is 0 Å². The number of hydrogen-bond acceptors (Lipinski definition) is 6. The third-order valence-electron chi connectivity index (χ3n) is 6.03. The molecule has 0 aromatic heterocycles. The lowest BCUT2D eigenvalue weighted by Gasteiger charge is -2.43. The van der Waals surface area contributed by atoms with Crippen molar-refractivity contribution in [1.82, 2.24) is 20.4 Å². The third-order valence-corrected chi connectivity index (χ3v) is 6.03. The third kappa shape index (κ3) is 3.47. The summed E-state index contributed by atoms with van der Waals surface area (Å²) in [4.78, 5) is 53.2. The minimum absolute atomic E-state index is 0.0386. The van der Waals surface area contributed by atoms with E-state index in [0.29, 0.717) is 17.7 Å². The first-order valence-corrected chi connectivity index (χ1v) is 10.0. The van der Waals surface area contributed by atoms with Crippen LogP contribution in [0.1, 0.15) is 59.9 Å². The number of hydrogen-bond donors (Lipinski definition) is 2. The van der Waals surface area contributed by atoms with E-state index in [4.69, 9.17) is 0 Å². The van der Waals surface area contributed by atoms with Gasteiger partial charge in [-0.2, -0.15) is 0 Å². The lowest BCUT2D eigenvalue weighted by Crippen LogP contribution is -2.60. The summed E-state index contributed by atoms with van der Waals surface area (Å²) in [7, 11) is 0. The van der Waals surface area contributed by atoms with Crippen molar-refractivity contribution in [3.05, 3.63) is 34.9 Å². The van der Waals surface area contributed by atoms with E-state index in [0.717, 1.165) is 23.6 Å². The molecule has 3 heterocycles. The molecule has 2 saturated heterocycles. The summed E-state index contributed by atoms with van der Waals surface area (Å²) in [6.45, 7) is 8.63. The molecular formula is C21H26N4O4. The van der Waals surface area contributed by atoms with E-state index in [2.05, 4.69) is 36.3 Å². The van der Waals surface area contributed by atoms with Gasteiger partial charge < -0.3 is 5.32 Å². The van der Waals surface area contributed by atoms with Gasteiger partial charge in [-0.15, -0.1) is 0 Å². The first-order chi connectivity index (χ1) is 13.7. The normalized spacial score (nSPS) is 27.2. The van der Waals surface area contributed by atoms with Gasteiger partial charge in [-0.3, -0.25) is 34.3 Å². The Kier molecular flexibility index (Phi) is 4.78. The summed E-state index contributed by atoms with van der Waals surface area (Å²) in [6, 6.07) is 4.64. The first-order valence-electron chi connectivity index (χ1n) is 10.0. The van der Waals surface area contributed by atoms with Crippen LogP contribution in [0.3, 0.4) is 0 Å². The molecule has 3 aliphatic rings. The van der Waals surface area contributed by atoms with Crippen LogP contribution in [0.5, 0.6) is 0 Å². The van der Waals surface area contributed by atoms with E-state index >= 15 is 0 Å². The molecule has 29 heavy (non-hydrogen) atoms. The van der Waals surface area contributed by atoms with Crippen molar-refractivity contribution >= 4 is 23.6 Å². The molecule has 1 aromatic rings.